The van der Waals surface area contributed by atoms with Crippen molar-refractivity contribution in [1.82, 2.24) is 9.88 Å². The summed E-state index contributed by atoms with van der Waals surface area (Å²) in [5, 5.41) is -0.243. The van der Waals surface area contributed by atoms with Gasteiger partial charge in [0.2, 0.25) is 0 Å². The quantitative estimate of drug-likeness (QED) is 0.783. The van der Waals surface area contributed by atoms with E-state index < -0.39 is 9.05 Å². The Morgan fingerprint density at radius 3 is 2.44 bits per heavy atom. The van der Waals surface area contributed by atoms with Gasteiger partial charge < -0.3 is 4.90 Å². The third-order valence-electron chi connectivity index (χ3n) is 2.67. The van der Waals surface area contributed by atoms with Crippen molar-refractivity contribution in [2.75, 3.05) is 13.1 Å². The standard InChI is InChI=1S/C10H10Cl2N2O3S/c11-7-3-4-8(18(12,16)17)13-9(7)10(15)14-5-1-2-6-14/h3-4H,1-2,5-6H2. The number of nitrogens with zero attached hydrogens (tertiary/aromatic N) is 2. The fourth-order valence-electron chi connectivity index (χ4n) is 1.78. The van der Waals surface area contributed by atoms with Crippen LogP contribution in [0.3, 0.4) is 0 Å². The summed E-state index contributed by atoms with van der Waals surface area (Å²) < 4.78 is 22.4. The van der Waals surface area contributed by atoms with E-state index in [9.17, 15) is 13.2 Å². The Morgan fingerprint density at radius 1 is 1.28 bits per heavy atom. The molecule has 1 aromatic heterocycles. The summed E-state index contributed by atoms with van der Waals surface area (Å²) in [5.41, 5.74) is -0.0692. The number of aromatic nitrogens is 1. The molecule has 98 valence electrons. The van der Waals surface area contributed by atoms with Gasteiger partial charge in [-0.2, -0.15) is 0 Å². The minimum Gasteiger partial charge on any atom is -0.337 e. The van der Waals surface area contributed by atoms with Gasteiger partial charge in [0, 0.05) is 23.8 Å². The van der Waals surface area contributed by atoms with Crippen LogP contribution in [0.5, 0.6) is 0 Å². The predicted molar refractivity (Wildman–Crippen MR) is 67.4 cm³/mol. The van der Waals surface area contributed by atoms with Crippen LogP contribution in [-0.2, 0) is 9.05 Å². The van der Waals surface area contributed by atoms with Crippen LogP contribution in [0.15, 0.2) is 17.2 Å². The molecule has 0 spiro atoms. The zero-order valence-electron chi connectivity index (χ0n) is 9.27. The molecule has 0 N–H and O–H groups in total. The fourth-order valence-corrected chi connectivity index (χ4v) is 2.65. The number of likely N-dealkylation sites (tertiary alicyclic amines) is 1. The van der Waals surface area contributed by atoms with Crippen molar-refractivity contribution >= 4 is 37.2 Å². The largest absolute Gasteiger partial charge is 0.337 e. The molecule has 1 aliphatic rings. The molecular formula is C10H10Cl2N2O3S. The first-order valence-electron chi connectivity index (χ1n) is 5.30. The molecule has 1 aromatic rings. The summed E-state index contributed by atoms with van der Waals surface area (Å²) in [5.74, 6) is -0.361. The maximum Gasteiger partial charge on any atom is 0.278 e. The van der Waals surface area contributed by atoms with E-state index in [0.29, 0.717) is 13.1 Å². The molecule has 0 saturated carbocycles. The van der Waals surface area contributed by atoms with E-state index >= 15 is 0 Å². The smallest absolute Gasteiger partial charge is 0.278 e. The Labute approximate surface area is 114 Å². The summed E-state index contributed by atoms with van der Waals surface area (Å²) in [4.78, 5) is 17.4. The number of rotatable bonds is 2. The van der Waals surface area contributed by atoms with Gasteiger partial charge in [-0.25, -0.2) is 13.4 Å². The molecule has 2 rings (SSSR count). The number of amides is 1. The van der Waals surface area contributed by atoms with Crippen LogP contribution in [0, 0.1) is 0 Å². The van der Waals surface area contributed by atoms with Crippen molar-refractivity contribution in [2.45, 2.75) is 17.9 Å². The number of carbonyl (C=O) groups is 1. The average Bonchev–Trinajstić information content (AvgIpc) is 2.80. The van der Waals surface area contributed by atoms with Gasteiger partial charge in [0.15, 0.2) is 5.03 Å². The van der Waals surface area contributed by atoms with Crippen molar-refractivity contribution in [1.29, 1.82) is 0 Å². The second-order valence-corrected chi connectivity index (χ2v) is 6.84. The van der Waals surface area contributed by atoms with Crippen molar-refractivity contribution in [2.24, 2.45) is 0 Å². The molecule has 0 aromatic carbocycles. The van der Waals surface area contributed by atoms with Gasteiger partial charge in [-0.15, -0.1) is 0 Å². The van der Waals surface area contributed by atoms with E-state index in [1.54, 1.807) is 4.90 Å². The van der Waals surface area contributed by atoms with E-state index in [-0.39, 0.29) is 21.6 Å². The molecule has 8 heteroatoms. The van der Waals surface area contributed by atoms with Gasteiger partial charge in [-0.3, -0.25) is 4.79 Å². The molecule has 0 radical (unpaired) electrons. The molecule has 1 fully saturated rings. The normalized spacial score (nSPS) is 16.0. The van der Waals surface area contributed by atoms with Crippen molar-refractivity contribution in [3.8, 4) is 0 Å². The van der Waals surface area contributed by atoms with Gasteiger partial charge in [0.25, 0.3) is 15.0 Å². The van der Waals surface area contributed by atoms with Gasteiger partial charge in [-0.1, -0.05) is 11.6 Å². The fraction of sp³-hybridized carbons (Fsp3) is 0.400. The minimum absolute atomic E-state index is 0.0692. The highest BCUT2D eigenvalue weighted by Gasteiger charge is 2.24. The lowest BCUT2D eigenvalue weighted by atomic mass is 10.3. The third-order valence-corrected chi connectivity index (χ3v) is 4.17. The van der Waals surface area contributed by atoms with Crippen molar-refractivity contribution in [3.05, 3.63) is 22.8 Å². The molecule has 18 heavy (non-hydrogen) atoms. The van der Waals surface area contributed by atoms with Crippen LogP contribution in [0.2, 0.25) is 5.02 Å². The summed E-state index contributed by atoms with van der Waals surface area (Å²) in [6.07, 6.45) is 1.85. The molecule has 0 unspecified atom stereocenters. The number of hydrogen-bond donors (Lipinski definition) is 0. The second kappa shape index (κ2) is 5.03. The molecule has 5 nitrogen and oxygen atoms in total. The Hall–Kier alpha value is -0.850. The van der Waals surface area contributed by atoms with Crippen LogP contribution >= 0.6 is 22.3 Å². The van der Waals surface area contributed by atoms with Crippen molar-refractivity contribution in [3.63, 3.8) is 0 Å². The molecule has 0 atom stereocenters. The van der Waals surface area contributed by atoms with Crippen LogP contribution in [-0.4, -0.2) is 37.3 Å². The molecule has 2 heterocycles. The summed E-state index contributed by atoms with van der Waals surface area (Å²) in [6.45, 7) is 1.27. The average molecular weight is 309 g/mol. The first kappa shape index (κ1) is 13.6. The molecule has 0 bridgehead atoms. The lowest BCUT2D eigenvalue weighted by Crippen LogP contribution is -2.29. The molecule has 1 aliphatic heterocycles. The molecule has 1 saturated heterocycles. The van der Waals surface area contributed by atoms with E-state index in [4.69, 9.17) is 22.3 Å². The molecule has 0 aliphatic carbocycles. The maximum atomic E-state index is 12.1. The van der Waals surface area contributed by atoms with Gasteiger partial charge in [-0.05, 0) is 25.0 Å². The number of hydrogen-bond acceptors (Lipinski definition) is 4. The molecule has 1 amide bonds. The zero-order chi connectivity index (χ0) is 13.3. The van der Waals surface area contributed by atoms with E-state index in [1.807, 2.05) is 0 Å². The van der Waals surface area contributed by atoms with E-state index in [0.717, 1.165) is 12.8 Å². The highest BCUT2D eigenvalue weighted by molar-refractivity contribution is 8.13. The van der Waals surface area contributed by atoms with Crippen molar-refractivity contribution < 1.29 is 13.2 Å². The molecular weight excluding hydrogens is 299 g/mol. The SMILES string of the molecule is O=C(c1nc(S(=O)(=O)Cl)ccc1Cl)N1CCCC1. The maximum absolute atomic E-state index is 12.1. The number of pyridine rings is 1. The Kier molecular flexibility index (Phi) is 3.79. The van der Waals surface area contributed by atoms with Crippen LogP contribution < -0.4 is 0 Å². The van der Waals surface area contributed by atoms with Crippen LogP contribution in [0.4, 0.5) is 0 Å². The Morgan fingerprint density at radius 2 is 1.89 bits per heavy atom. The first-order valence-corrected chi connectivity index (χ1v) is 7.99. The highest BCUT2D eigenvalue weighted by atomic mass is 35.7. The Bertz CT molecular complexity index is 583. The zero-order valence-corrected chi connectivity index (χ0v) is 11.6. The summed E-state index contributed by atoms with van der Waals surface area (Å²) in [6, 6.07) is 2.48. The van der Waals surface area contributed by atoms with Crippen LogP contribution in [0.1, 0.15) is 23.3 Å². The first-order chi connectivity index (χ1) is 8.39. The second-order valence-electron chi connectivity index (χ2n) is 3.92. The van der Waals surface area contributed by atoms with E-state index in [2.05, 4.69) is 4.98 Å². The number of carbonyl (C=O) groups excluding carboxylic acids is 1. The lowest BCUT2D eigenvalue weighted by molar-refractivity contribution is 0.0786. The van der Waals surface area contributed by atoms with Crippen LogP contribution in [0.25, 0.3) is 0 Å². The monoisotopic (exact) mass is 308 g/mol. The summed E-state index contributed by atoms with van der Waals surface area (Å²) >= 11 is 5.87. The highest BCUT2D eigenvalue weighted by Crippen LogP contribution is 2.22. The van der Waals surface area contributed by atoms with Gasteiger partial charge in [0.1, 0.15) is 5.69 Å². The summed E-state index contributed by atoms with van der Waals surface area (Å²) in [7, 11) is 1.22. The third kappa shape index (κ3) is 2.76. The van der Waals surface area contributed by atoms with E-state index in [1.165, 1.54) is 12.1 Å². The Balaban J connectivity index is 2.40. The van der Waals surface area contributed by atoms with Gasteiger partial charge >= 0.3 is 0 Å². The van der Waals surface area contributed by atoms with Gasteiger partial charge in [0.05, 0.1) is 5.02 Å². The minimum atomic E-state index is -3.97. The number of halogens is 2. The topological polar surface area (TPSA) is 67.3 Å². The lowest BCUT2D eigenvalue weighted by Gasteiger charge is -2.15. The predicted octanol–water partition coefficient (Wildman–Crippen LogP) is 1.90.